The number of hydrogen-bond acceptors (Lipinski definition) is 9. The third kappa shape index (κ3) is 6.44. The molecule has 1 saturated carbocycles. The molecule has 3 heterocycles. The fraction of sp³-hybridized carbons (Fsp3) is 0.469. The number of pyridine rings is 1. The first kappa shape index (κ1) is 30.0. The van der Waals surface area contributed by atoms with E-state index < -0.39 is 5.54 Å². The van der Waals surface area contributed by atoms with Gasteiger partial charge in [-0.15, -0.1) is 0 Å². The molecule has 2 aromatic heterocycles. The number of nitrogens with zero attached hydrogens (tertiary/aromatic N) is 5. The highest BCUT2D eigenvalue weighted by molar-refractivity contribution is 8.00. The lowest BCUT2D eigenvalue weighted by Crippen LogP contribution is -2.40. The first-order valence-electron chi connectivity index (χ1n) is 14.8. The van der Waals surface area contributed by atoms with Crippen LogP contribution < -0.4 is 9.46 Å². The van der Waals surface area contributed by atoms with Crippen molar-refractivity contribution in [1.29, 1.82) is 0 Å². The van der Waals surface area contributed by atoms with Gasteiger partial charge in [0.15, 0.2) is 5.82 Å². The molecular weight excluding hydrogens is 548 g/mol. The third-order valence-electron chi connectivity index (χ3n) is 7.79. The van der Waals surface area contributed by atoms with Crippen LogP contribution in [-0.2, 0) is 22.7 Å². The van der Waals surface area contributed by atoms with E-state index in [0.29, 0.717) is 31.5 Å². The number of ether oxygens (including phenoxy) is 2. The summed E-state index contributed by atoms with van der Waals surface area (Å²) >= 11 is 1.41. The molecule has 222 valence electrons. The summed E-state index contributed by atoms with van der Waals surface area (Å²) in [6.07, 6.45) is 10.3. The molecule has 0 bridgehead atoms. The van der Waals surface area contributed by atoms with Crippen LogP contribution in [-0.4, -0.2) is 50.9 Å². The standard InChI is InChI=1S/C32H40N6O3S/c1-5-7-12-27-36-32(15-8-9-16-32)31(39)38(27)20-23-13-14-25(24(18-23)21-41-6-2)28-26(11-10-17-33-28)42-37-29-30(40-4)35-22(3)19-34-29/h10-11,13-14,17-19H,5-9,12,15-16,20-21H2,1-4H3,(H,34,37). The van der Waals surface area contributed by atoms with Crippen molar-refractivity contribution in [3.05, 3.63) is 59.5 Å². The Morgan fingerprint density at radius 1 is 1.14 bits per heavy atom. The van der Waals surface area contributed by atoms with Crippen molar-refractivity contribution in [1.82, 2.24) is 19.9 Å². The number of rotatable bonds is 13. The topological polar surface area (TPSA) is 102 Å². The molecule has 0 radical (unpaired) electrons. The summed E-state index contributed by atoms with van der Waals surface area (Å²) in [5, 5.41) is 0. The number of amidine groups is 1. The SMILES string of the molecule is CCCCC1=NC2(CCCC2)C(=O)N1Cc1ccc(-c2ncccc2SNc2ncc(C)nc2OC)c(COCC)c1. The number of aliphatic imine (C=N–C) groups is 1. The Morgan fingerprint density at radius 3 is 2.74 bits per heavy atom. The molecule has 1 amide bonds. The number of hydrogen-bond donors (Lipinski definition) is 1. The van der Waals surface area contributed by atoms with Crippen LogP contribution in [0, 0.1) is 6.92 Å². The summed E-state index contributed by atoms with van der Waals surface area (Å²) in [6, 6.07) is 10.3. The summed E-state index contributed by atoms with van der Waals surface area (Å²) in [5.41, 5.74) is 4.15. The zero-order chi connectivity index (χ0) is 29.5. The lowest BCUT2D eigenvalue weighted by Gasteiger charge is -2.23. The number of nitrogens with one attached hydrogen (secondary N) is 1. The number of benzene rings is 1. The molecule has 1 spiro atoms. The van der Waals surface area contributed by atoms with Crippen molar-refractivity contribution in [2.75, 3.05) is 18.4 Å². The van der Waals surface area contributed by atoms with Gasteiger partial charge in [-0.25, -0.2) is 9.97 Å². The number of amides is 1. The highest BCUT2D eigenvalue weighted by Gasteiger charge is 2.49. The van der Waals surface area contributed by atoms with Gasteiger partial charge >= 0.3 is 0 Å². The van der Waals surface area contributed by atoms with Crippen LogP contribution in [0.2, 0.25) is 0 Å². The Morgan fingerprint density at radius 2 is 1.98 bits per heavy atom. The minimum absolute atomic E-state index is 0.172. The van der Waals surface area contributed by atoms with Crippen LogP contribution >= 0.6 is 11.9 Å². The molecule has 1 fully saturated rings. The second kappa shape index (κ2) is 13.6. The average Bonchev–Trinajstić information content (AvgIpc) is 3.59. The summed E-state index contributed by atoms with van der Waals surface area (Å²) in [7, 11) is 1.58. The van der Waals surface area contributed by atoms with Crippen LogP contribution in [0.3, 0.4) is 0 Å². The summed E-state index contributed by atoms with van der Waals surface area (Å²) in [6.45, 7) is 7.60. The lowest BCUT2D eigenvalue weighted by molar-refractivity contribution is -0.131. The average molecular weight is 589 g/mol. The van der Waals surface area contributed by atoms with E-state index >= 15 is 0 Å². The van der Waals surface area contributed by atoms with Gasteiger partial charge in [0.1, 0.15) is 11.4 Å². The van der Waals surface area contributed by atoms with Gasteiger partial charge in [0.05, 0.1) is 42.7 Å². The van der Waals surface area contributed by atoms with Gasteiger partial charge in [-0.2, -0.15) is 0 Å². The maximum atomic E-state index is 13.7. The van der Waals surface area contributed by atoms with Gasteiger partial charge in [0.2, 0.25) is 0 Å². The second-order valence-corrected chi connectivity index (χ2v) is 11.7. The highest BCUT2D eigenvalue weighted by Crippen LogP contribution is 2.40. The molecule has 1 aliphatic heterocycles. The van der Waals surface area contributed by atoms with E-state index in [2.05, 4.69) is 39.8 Å². The minimum Gasteiger partial charge on any atom is -0.478 e. The largest absolute Gasteiger partial charge is 0.478 e. The fourth-order valence-electron chi connectivity index (χ4n) is 5.63. The molecule has 1 aliphatic carbocycles. The molecule has 3 aromatic rings. The smallest absolute Gasteiger partial charge is 0.258 e. The van der Waals surface area contributed by atoms with Gasteiger partial charge in [0, 0.05) is 24.8 Å². The van der Waals surface area contributed by atoms with E-state index in [-0.39, 0.29) is 5.91 Å². The van der Waals surface area contributed by atoms with Crippen molar-refractivity contribution in [3.63, 3.8) is 0 Å². The highest BCUT2D eigenvalue weighted by atomic mass is 32.2. The predicted molar refractivity (Wildman–Crippen MR) is 167 cm³/mol. The summed E-state index contributed by atoms with van der Waals surface area (Å²) in [4.78, 5) is 35.2. The first-order valence-corrected chi connectivity index (χ1v) is 15.7. The Bertz CT molecular complexity index is 1440. The zero-order valence-electron chi connectivity index (χ0n) is 25.0. The lowest BCUT2D eigenvalue weighted by atomic mass is 9.97. The first-order chi connectivity index (χ1) is 20.5. The van der Waals surface area contributed by atoms with E-state index in [4.69, 9.17) is 19.5 Å². The Labute approximate surface area is 252 Å². The van der Waals surface area contributed by atoms with Crippen molar-refractivity contribution >= 4 is 29.5 Å². The van der Waals surface area contributed by atoms with Crippen molar-refractivity contribution in [2.45, 2.75) is 89.3 Å². The van der Waals surface area contributed by atoms with Crippen LogP contribution in [0.1, 0.15) is 75.6 Å². The van der Waals surface area contributed by atoms with E-state index in [0.717, 1.165) is 83.8 Å². The molecule has 1 aromatic carbocycles. The third-order valence-corrected chi connectivity index (χ3v) is 8.64. The minimum atomic E-state index is -0.533. The van der Waals surface area contributed by atoms with Crippen LogP contribution in [0.5, 0.6) is 5.88 Å². The monoisotopic (exact) mass is 588 g/mol. The summed E-state index contributed by atoms with van der Waals surface area (Å²) in [5.74, 6) is 2.10. The quantitative estimate of drug-likeness (QED) is 0.219. The Hall–Kier alpha value is -3.50. The number of carbonyl (C=O) groups is 1. The van der Waals surface area contributed by atoms with E-state index in [9.17, 15) is 4.79 Å². The number of anilines is 1. The van der Waals surface area contributed by atoms with Gasteiger partial charge in [-0.1, -0.05) is 44.4 Å². The van der Waals surface area contributed by atoms with Gasteiger partial charge < -0.3 is 14.2 Å². The molecule has 0 saturated heterocycles. The maximum Gasteiger partial charge on any atom is 0.258 e. The van der Waals surface area contributed by atoms with E-state index in [1.807, 2.05) is 30.9 Å². The molecule has 42 heavy (non-hydrogen) atoms. The van der Waals surface area contributed by atoms with E-state index in [1.54, 1.807) is 19.5 Å². The molecule has 9 nitrogen and oxygen atoms in total. The van der Waals surface area contributed by atoms with Crippen LogP contribution in [0.25, 0.3) is 11.3 Å². The Kier molecular flexibility index (Phi) is 9.74. The molecule has 0 unspecified atom stereocenters. The molecule has 0 atom stereocenters. The fourth-order valence-corrected chi connectivity index (χ4v) is 6.39. The molecule has 2 aliphatic rings. The van der Waals surface area contributed by atoms with Gasteiger partial charge in [0.25, 0.3) is 11.8 Å². The van der Waals surface area contributed by atoms with Crippen LogP contribution in [0.15, 0.2) is 52.6 Å². The number of unbranched alkanes of at least 4 members (excludes halogenated alkanes) is 1. The van der Waals surface area contributed by atoms with Gasteiger partial charge in [-0.3, -0.25) is 19.7 Å². The molecule has 5 rings (SSSR count). The Balaban J connectivity index is 1.42. The van der Waals surface area contributed by atoms with Crippen molar-refractivity contribution < 1.29 is 14.3 Å². The normalized spacial score (nSPS) is 15.9. The van der Waals surface area contributed by atoms with Crippen molar-refractivity contribution in [3.8, 4) is 17.1 Å². The number of carbonyl (C=O) groups excluding carboxylic acids is 1. The zero-order valence-corrected chi connectivity index (χ0v) is 25.8. The molecular formula is C32H40N6O3S. The molecule has 10 heteroatoms. The number of aryl methyl sites for hydroxylation is 1. The summed E-state index contributed by atoms with van der Waals surface area (Å²) < 4.78 is 14.6. The predicted octanol–water partition coefficient (Wildman–Crippen LogP) is 6.76. The van der Waals surface area contributed by atoms with Crippen LogP contribution in [0.4, 0.5) is 5.82 Å². The van der Waals surface area contributed by atoms with E-state index in [1.165, 1.54) is 11.9 Å². The van der Waals surface area contributed by atoms with Gasteiger partial charge in [-0.05, 0) is 68.3 Å². The maximum absolute atomic E-state index is 13.7. The number of methoxy groups -OCH3 is 1. The second-order valence-electron chi connectivity index (χ2n) is 10.8. The van der Waals surface area contributed by atoms with Crippen molar-refractivity contribution in [2.24, 2.45) is 4.99 Å². The molecule has 1 N–H and O–H groups in total. The number of aromatic nitrogens is 3.